The highest BCUT2D eigenvalue weighted by atomic mass is 32.2. The predicted molar refractivity (Wildman–Crippen MR) is 98.0 cm³/mol. The number of carbonyl (C=O) groups is 1. The lowest BCUT2D eigenvalue weighted by Gasteiger charge is -2.17. The number of benzene rings is 2. The fourth-order valence-electron chi connectivity index (χ4n) is 3.18. The summed E-state index contributed by atoms with van der Waals surface area (Å²) in [5.41, 5.74) is 2.60. The molecule has 132 valence electrons. The number of hydrogen-bond acceptors (Lipinski definition) is 3. The number of amides is 1. The number of para-hydroxylation sites is 1. The monoisotopic (exact) mass is 358 g/mol. The van der Waals surface area contributed by atoms with Gasteiger partial charge in [-0.05, 0) is 43.5 Å². The van der Waals surface area contributed by atoms with E-state index in [0.29, 0.717) is 17.9 Å². The van der Waals surface area contributed by atoms with Crippen LogP contribution in [0.3, 0.4) is 0 Å². The maximum Gasteiger partial charge on any atom is 0.240 e. The Morgan fingerprint density at radius 1 is 1.12 bits per heavy atom. The number of aryl methyl sites for hydroxylation is 2. The van der Waals surface area contributed by atoms with Crippen molar-refractivity contribution in [1.82, 2.24) is 4.72 Å². The van der Waals surface area contributed by atoms with Gasteiger partial charge >= 0.3 is 0 Å². The number of anilines is 1. The van der Waals surface area contributed by atoms with E-state index in [9.17, 15) is 13.2 Å². The molecule has 0 radical (unpaired) electrons. The first-order valence-corrected chi connectivity index (χ1v) is 9.77. The van der Waals surface area contributed by atoms with Gasteiger partial charge in [0.2, 0.25) is 15.9 Å². The smallest absolute Gasteiger partial charge is 0.240 e. The zero-order chi connectivity index (χ0) is 18.0. The van der Waals surface area contributed by atoms with Crippen molar-refractivity contribution in [2.24, 2.45) is 5.92 Å². The van der Waals surface area contributed by atoms with Crippen molar-refractivity contribution in [3.63, 3.8) is 0 Å². The minimum atomic E-state index is -3.57. The molecule has 0 bridgehead atoms. The first-order chi connectivity index (χ1) is 11.9. The summed E-state index contributed by atoms with van der Waals surface area (Å²) in [7, 11) is -3.57. The lowest BCUT2D eigenvalue weighted by molar-refractivity contribution is -0.117. The lowest BCUT2D eigenvalue weighted by atomic mass is 10.1. The molecule has 1 aliphatic heterocycles. The Bertz CT molecular complexity index is 879. The van der Waals surface area contributed by atoms with E-state index in [-0.39, 0.29) is 18.4 Å². The standard InChI is InChI=1S/C19H22N2O3S/c1-14-8-9-18(15(2)10-14)25(23,24)20-12-16-11-19(22)21(13-16)17-6-4-3-5-7-17/h3-10,16,20H,11-13H2,1-2H3/t16-/m0/s1. The first kappa shape index (κ1) is 17.6. The van der Waals surface area contributed by atoms with Gasteiger partial charge in [0.05, 0.1) is 4.90 Å². The largest absolute Gasteiger partial charge is 0.312 e. The summed E-state index contributed by atoms with van der Waals surface area (Å²) >= 11 is 0. The number of carbonyl (C=O) groups excluding carboxylic acids is 1. The average molecular weight is 358 g/mol. The molecule has 25 heavy (non-hydrogen) atoms. The molecule has 2 aromatic carbocycles. The van der Waals surface area contributed by atoms with E-state index < -0.39 is 10.0 Å². The van der Waals surface area contributed by atoms with E-state index in [1.807, 2.05) is 43.3 Å². The van der Waals surface area contributed by atoms with E-state index >= 15 is 0 Å². The van der Waals surface area contributed by atoms with E-state index in [1.54, 1.807) is 24.0 Å². The van der Waals surface area contributed by atoms with E-state index in [0.717, 1.165) is 16.8 Å². The molecule has 1 saturated heterocycles. The number of hydrogen-bond donors (Lipinski definition) is 1. The van der Waals surface area contributed by atoms with Crippen molar-refractivity contribution in [3.8, 4) is 0 Å². The highest BCUT2D eigenvalue weighted by Crippen LogP contribution is 2.25. The molecule has 0 aromatic heterocycles. The number of rotatable bonds is 5. The van der Waals surface area contributed by atoms with Crippen LogP contribution in [0, 0.1) is 19.8 Å². The second-order valence-electron chi connectivity index (χ2n) is 6.53. The van der Waals surface area contributed by atoms with Crippen LogP contribution in [0.4, 0.5) is 5.69 Å². The molecule has 0 saturated carbocycles. The molecular formula is C19H22N2O3S. The van der Waals surface area contributed by atoms with Crippen LogP contribution in [0.15, 0.2) is 53.4 Å². The van der Waals surface area contributed by atoms with E-state index in [2.05, 4.69) is 4.72 Å². The van der Waals surface area contributed by atoms with Gasteiger partial charge in [0.25, 0.3) is 0 Å². The number of nitrogens with zero attached hydrogens (tertiary/aromatic N) is 1. The molecule has 0 unspecified atom stereocenters. The van der Waals surface area contributed by atoms with Crippen LogP contribution in [0.25, 0.3) is 0 Å². The van der Waals surface area contributed by atoms with Crippen molar-refractivity contribution < 1.29 is 13.2 Å². The molecular weight excluding hydrogens is 336 g/mol. The third-order valence-electron chi connectivity index (χ3n) is 4.45. The molecule has 1 fully saturated rings. The Kier molecular flexibility index (Phi) is 4.92. The van der Waals surface area contributed by atoms with Crippen molar-refractivity contribution in [2.75, 3.05) is 18.0 Å². The quantitative estimate of drug-likeness (QED) is 0.893. The van der Waals surface area contributed by atoms with Gasteiger partial charge in [-0.25, -0.2) is 13.1 Å². The van der Waals surface area contributed by atoms with Crippen LogP contribution in [0.5, 0.6) is 0 Å². The fourth-order valence-corrected chi connectivity index (χ4v) is 4.52. The Morgan fingerprint density at radius 3 is 2.52 bits per heavy atom. The summed E-state index contributed by atoms with van der Waals surface area (Å²) in [4.78, 5) is 14.2. The summed E-state index contributed by atoms with van der Waals surface area (Å²) in [6.07, 6.45) is 0.351. The molecule has 1 heterocycles. The predicted octanol–water partition coefficient (Wildman–Crippen LogP) is 2.63. The minimum absolute atomic E-state index is 0.0296. The molecule has 5 nitrogen and oxygen atoms in total. The van der Waals surface area contributed by atoms with Crippen molar-refractivity contribution in [3.05, 3.63) is 59.7 Å². The summed E-state index contributed by atoms with van der Waals surface area (Å²) < 4.78 is 27.8. The van der Waals surface area contributed by atoms with E-state index in [4.69, 9.17) is 0 Å². The normalized spacial score (nSPS) is 17.9. The topological polar surface area (TPSA) is 66.5 Å². The molecule has 0 spiro atoms. The van der Waals surface area contributed by atoms with Gasteiger partial charge in [-0.15, -0.1) is 0 Å². The van der Waals surface area contributed by atoms with Crippen LogP contribution in [0.1, 0.15) is 17.5 Å². The minimum Gasteiger partial charge on any atom is -0.312 e. The van der Waals surface area contributed by atoms with Crippen LogP contribution in [0.2, 0.25) is 0 Å². The molecule has 1 amide bonds. The first-order valence-electron chi connectivity index (χ1n) is 8.29. The SMILES string of the molecule is Cc1ccc(S(=O)(=O)NC[C@@H]2CC(=O)N(c3ccccc3)C2)c(C)c1. The molecule has 1 aliphatic rings. The van der Waals surface area contributed by atoms with Gasteiger partial charge in [0, 0.05) is 25.2 Å². The van der Waals surface area contributed by atoms with Crippen LogP contribution < -0.4 is 9.62 Å². The van der Waals surface area contributed by atoms with Crippen molar-refractivity contribution in [1.29, 1.82) is 0 Å². The third-order valence-corrected chi connectivity index (χ3v) is 6.04. The maximum absolute atomic E-state index is 12.5. The van der Waals surface area contributed by atoms with Gasteiger partial charge in [-0.2, -0.15) is 0 Å². The fraction of sp³-hybridized carbons (Fsp3) is 0.316. The highest BCUT2D eigenvalue weighted by Gasteiger charge is 2.31. The van der Waals surface area contributed by atoms with Crippen LogP contribution >= 0.6 is 0 Å². The van der Waals surface area contributed by atoms with Gasteiger partial charge in [0.15, 0.2) is 0 Å². The molecule has 1 atom stereocenters. The lowest BCUT2D eigenvalue weighted by Crippen LogP contribution is -2.31. The summed E-state index contributed by atoms with van der Waals surface area (Å²) in [6, 6.07) is 14.7. The van der Waals surface area contributed by atoms with Crippen molar-refractivity contribution in [2.45, 2.75) is 25.2 Å². The van der Waals surface area contributed by atoms with Gasteiger partial charge in [0.1, 0.15) is 0 Å². The second-order valence-corrected chi connectivity index (χ2v) is 8.27. The van der Waals surface area contributed by atoms with Crippen LogP contribution in [-0.2, 0) is 14.8 Å². The van der Waals surface area contributed by atoms with Gasteiger partial charge < -0.3 is 4.90 Å². The summed E-state index contributed by atoms with van der Waals surface area (Å²) in [5.74, 6) is -0.00449. The summed E-state index contributed by atoms with van der Waals surface area (Å²) in [5, 5.41) is 0. The number of nitrogens with one attached hydrogen (secondary N) is 1. The molecule has 3 rings (SSSR count). The third kappa shape index (κ3) is 3.91. The molecule has 6 heteroatoms. The average Bonchev–Trinajstić information content (AvgIpc) is 2.94. The zero-order valence-corrected chi connectivity index (χ0v) is 15.2. The van der Waals surface area contributed by atoms with Crippen LogP contribution in [-0.4, -0.2) is 27.4 Å². The summed E-state index contributed by atoms with van der Waals surface area (Å²) in [6.45, 7) is 4.50. The highest BCUT2D eigenvalue weighted by molar-refractivity contribution is 7.89. The molecule has 0 aliphatic carbocycles. The number of sulfonamides is 1. The second kappa shape index (κ2) is 6.98. The maximum atomic E-state index is 12.5. The molecule has 1 N–H and O–H groups in total. The Labute approximate surface area is 148 Å². The Morgan fingerprint density at radius 2 is 1.84 bits per heavy atom. The van der Waals surface area contributed by atoms with Gasteiger partial charge in [-0.1, -0.05) is 35.9 Å². The Hall–Kier alpha value is -2.18. The van der Waals surface area contributed by atoms with Crippen molar-refractivity contribution >= 4 is 21.6 Å². The molecule has 2 aromatic rings. The van der Waals surface area contributed by atoms with E-state index in [1.165, 1.54) is 0 Å². The zero-order valence-electron chi connectivity index (χ0n) is 14.4. The Balaban J connectivity index is 1.67. The van der Waals surface area contributed by atoms with Gasteiger partial charge in [-0.3, -0.25) is 4.79 Å².